The van der Waals surface area contributed by atoms with E-state index in [1.807, 2.05) is 19.1 Å². The SMILES string of the molecule is CCc1cc(-c2csc(S(=O)(=O)NCCCN3CCN(c4ccccc4)CC3)c2)on1. The molecule has 0 aliphatic carbocycles. The van der Waals surface area contributed by atoms with Gasteiger partial charge < -0.3 is 9.42 Å². The molecule has 3 heterocycles. The number of benzene rings is 1. The zero-order valence-corrected chi connectivity index (χ0v) is 19.3. The first-order valence-electron chi connectivity index (χ1n) is 10.6. The quantitative estimate of drug-likeness (QED) is 0.493. The van der Waals surface area contributed by atoms with Crippen LogP contribution in [-0.4, -0.2) is 57.7 Å². The molecule has 31 heavy (non-hydrogen) atoms. The van der Waals surface area contributed by atoms with Gasteiger partial charge in [-0.05, 0) is 37.6 Å². The number of rotatable bonds is 9. The molecule has 2 aromatic heterocycles. The van der Waals surface area contributed by atoms with Crippen LogP contribution in [0.15, 0.2) is 56.6 Å². The molecule has 1 aliphatic rings. The molecule has 4 rings (SSSR count). The van der Waals surface area contributed by atoms with Crippen molar-refractivity contribution in [3.05, 3.63) is 53.5 Å². The van der Waals surface area contributed by atoms with Crippen LogP contribution in [0.25, 0.3) is 11.3 Å². The standard InChI is InChI=1S/C22H28N4O3S2/c1-2-19-16-21(29-24-19)18-15-22(30-17-18)31(27,28)23-9-6-10-25-11-13-26(14-12-25)20-7-4-3-5-8-20/h3-5,7-8,15-17,23H,2,6,9-14H2,1H3. The van der Waals surface area contributed by atoms with E-state index in [9.17, 15) is 8.42 Å². The van der Waals surface area contributed by atoms with Crippen molar-refractivity contribution in [2.45, 2.75) is 24.0 Å². The number of aromatic nitrogens is 1. The molecule has 1 fully saturated rings. The first kappa shape index (κ1) is 22.0. The minimum absolute atomic E-state index is 0.299. The second kappa shape index (κ2) is 9.95. The first-order chi connectivity index (χ1) is 15.0. The molecule has 1 aromatic carbocycles. The fourth-order valence-electron chi connectivity index (χ4n) is 3.65. The van der Waals surface area contributed by atoms with E-state index in [1.54, 1.807) is 11.4 Å². The van der Waals surface area contributed by atoms with Gasteiger partial charge in [0.25, 0.3) is 0 Å². The third-order valence-electron chi connectivity index (χ3n) is 5.48. The Morgan fingerprint density at radius 2 is 1.90 bits per heavy atom. The number of hydrogen-bond donors (Lipinski definition) is 1. The number of anilines is 1. The molecule has 166 valence electrons. The molecular weight excluding hydrogens is 432 g/mol. The van der Waals surface area contributed by atoms with Crippen molar-refractivity contribution in [2.24, 2.45) is 0 Å². The fraction of sp³-hybridized carbons (Fsp3) is 0.409. The average Bonchev–Trinajstić information content (AvgIpc) is 3.48. The van der Waals surface area contributed by atoms with Crippen molar-refractivity contribution < 1.29 is 12.9 Å². The van der Waals surface area contributed by atoms with Crippen molar-refractivity contribution in [2.75, 3.05) is 44.2 Å². The minimum Gasteiger partial charge on any atom is -0.369 e. The van der Waals surface area contributed by atoms with Gasteiger partial charge in [-0.25, -0.2) is 13.1 Å². The largest absolute Gasteiger partial charge is 0.369 e. The van der Waals surface area contributed by atoms with Crippen LogP contribution in [0.5, 0.6) is 0 Å². The van der Waals surface area contributed by atoms with Gasteiger partial charge in [0.15, 0.2) is 5.76 Å². The van der Waals surface area contributed by atoms with Gasteiger partial charge in [0.1, 0.15) is 4.21 Å². The highest BCUT2D eigenvalue weighted by Crippen LogP contribution is 2.29. The van der Waals surface area contributed by atoms with Gasteiger partial charge in [-0.15, -0.1) is 11.3 Å². The Morgan fingerprint density at radius 1 is 1.13 bits per heavy atom. The summed E-state index contributed by atoms with van der Waals surface area (Å²) in [7, 11) is -3.51. The summed E-state index contributed by atoms with van der Waals surface area (Å²) in [6.07, 6.45) is 1.56. The lowest BCUT2D eigenvalue weighted by Crippen LogP contribution is -2.47. The molecule has 1 aliphatic heterocycles. The Kier molecular flexibility index (Phi) is 7.06. The summed E-state index contributed by atoms with van der Waals surface area (Å²) in [6, 6.07) is 14.0. The second-order valence-corrected chi connectivity index (χ2v) is 10.5. The monoisotopic (exact) mass is 460 g/mol. The van der Waals surface area contributed by atoms with Gasteiger partial charge in [0.2, 0.25) is 10.0 Å². The van der Waals surface area contributed by atoms with Crippen molar-refractivity contribution in [3.63, 3.8) is 0 Å². The highest BCUT2D eigenvalue weighted by atomic mass is 32.2. The molecular formula is C22H28N4O3S2. The number of sulfonamides is 1. The van der Waals surface area contributed by atoms with Gasteiger partial charge >= 0.3 is 0 Å². The van der Waals surface area contributed by atoms with Gasteiger partial charge in [-0.2, -0.15) is 0 Å². The Labute approximate surface area is 187 Å². The predicted octanol–water partition coefficient (Wildman–Crippen LogP) is 3.46. The van der Waals surface area contributed by atoms with E-state index in [1.165, 1.54) is 17.0 Å². The number of aryl methyl sites for hydroxylation is 1. The van der Waals surface area contributed by atoms with E-state index >= 15 is 0 Å². The smallest absolute Gasteiger partial charge is 0.250 e. The summed E-state index contributed by atoms with van der Waals surface area (Å²) in [5.74, 6) is 0.601. The molecule has 7 nitrogen and oxygen atoms in total. The van der Waals surface area contributed by atoms with Gasteiger partial charge in [-0.1, -0.05) is 30.3 Å². The normalized spacial score (nSPS) is 15.5. The molecule has 0 radical (unpaired) electrons. The number of para-hydroxylation sites is 1. The van der Waals surface area contributed by atoms with E-state index in [-0.39, 0.29) is 0 Å². The maximum atomic E-state index is 12.6. The molecule has 9 heteroatoms. The van der Waals surface area contributed by atoms with Crippen LogP contribution in [0, 0.1) is 0 Å². The Morgan fingerprint density at radius 3 is 2.61 bits per heavy atom. The fourth-order valence-corrected chi connectivity index (χ4v) is 5.94. The second-order valence-electron chi connectivity index (χ2n) is 7.61. The van der Waals surface area contributed by atoms with Crippen molar-refractivity contribution in [3.8, 4) is 11.3 Å². The lowest BCUT2D eigenvalue weighted by molar-refractivity contribution is 0.255. The molecule has 0 saturated carbocycles. The molecule has 0 amide bonds. The lowest BCUT2D eigenvalue weighted by atomic mass is 10.2. The summed E-state index contributed by atoms with van der Waals surface area (Å²) >= 11 is 1.20. The van der Waals surface area contributed by atoms with Crippen LogP contribution in [0.2, 0.25) is 0 Å². The van der Waals surface area contributed by atoms with Crippen LogP contribution in [0.1, 0.15) is 19.0 Å². The highest BCUT2D eigenvalue weighted by Gasteiger charge is 2.20. The highest BCUT2D eigenvalue weighted by molar-refractivity contribution is 7.91. The molecule has 1 saturated heterocycles. The minimum atomic E-state index is -3.51. The van der Waals surface area contributed by atoms with Crippen LogP contribution in [0.4, 0.5) is 5.69 Å². The number of nitrogens with one attached hydrogen (secondary N) is 1. The average molecular weight is 461 g/mol. The maximum absolute atomic E-state index is 12.6. The van der Waals surface area contributed by atoms with Crippen molar-refractivity contribution >= 4 is 27.0 Å². The number of piperazine rings is 1. The van der Waals surface area contributed by atoms with Gasteiger partial charge in [0, 0.05) is 55.4 Å². The van der Waals surface area contributed by atoms with Crippen LogP contribution >= 0.6 is 11.3 Å². The Hall–Kier alpha value is -2.20. The van der Waals surface area contributed by atoms with Gasteiger partial charge in [-0.3, -0.25) is 4.90 Å². The predicted molar refractivity (Wildman–Crippen MR) is 124 cm³/mol. The molecule has 1 N–H and O–H groups in total. The molecule has 0 atom stereocenters. The summed E-state index contributed by atoms with van der Waals surface area (Å²) in [4.78, 5) is 4.79. The van der Waals surface area contributed by atoms with Gasteiger partial charge in [0.05, 0.1) is 5.69 Å². The van der Waals surface area contributed by atoms with E-state index in [0.29, 0.717) is 16.5 Å². The lowest BCUT2D eigenvalue weighted by Gasteiger charge is -2.36. The number of hydrogen-bond acceptors (Lipinski definition) is 7. The zero-order valence-electron chi connectivity index (χ0n) is 17.7. The molecule has 0 spiro atoms. The van der Waals surface area contributed by atoms with Crippen LogP contribution in [-0.2, 0) is 16.4 Å². The number of nitrogens with zero attached hydrogens (tertiary/aromatic N) is 3. The zero-order chi connectivity index (χ0) is 21.7. The summed E-state index contributed by atoms with van der Waals surface area (Å²) in [6.45, 7) is 7.29. The summed E-state index contributed by atoms with van der Waals surface area (Å²) in [5.41, 5.74) is 2.86. The van der Waals surface area contributed by atoms with Crippen LogP contribution < -0.4 is 9.62 Å². The van der Waals surface area contributed by atoms with Crippen molar-refractivity contribution in [1.82, 2.24) is 14.8 Å². The third-order valence-corrected chi connectivity index (χ3v) is 8.38. The molecule has 0 unspecified atom stereocenters. The Balaban J connectivity index is 1.22. The van der Waals surface area contributed by atoms with E-state index in [2.05, 4.69) is 43.9 Å². The summed E-state index contributed by atoms with van der Waals surface area (Å²) in [5, 5.41) is 5.76. The maximum Gasteiger partial charge on any atom is 0.250 e. The summed E-state index contributed by atoms with van der Waals surface area (Å²) < 4.78 is 33.6. The van der Waals surface area contributed by atoms with E-state index in [0.717, 1.165) is 56.8 Å². The molecule has 0 bridgehead atoms. The van der Waals surface area contributed by atoms with E-state index in [4.69, 9.17) is 4.52 Å². The van der Waals surface area contributed by atoms with Crippen molar-refractivity contribution in [1.29, 1.82) is 0 Å². The topological polar surface area (TPSA) is 78.7 Å². The third kappa shape index (κ3) is 5.54. The number of thiophene rings is 1. The first-order valence-corrected chi connectivity index (χ1v) is 13.0. The van der Waals surface area contributed by atoms with Crippen LogP contribution in [0.3, 0.4) is 0 Å². The Bertz CT molecular complexity index is 1070. The van der Waals surface area contributed by atoms with E-state index < -0.39 is 10.0 Å². The molecule has 3 aromatic rings.